The Balaban J connectivity index is 1.49. The highest BCUT2D eigenvalue weighted by atomic mass is 32.2. The number of carbonyl (C=O) groups is 1. The number of benzene rings is 2. The summed E-state index contributed by atoms with van der Waals surface area (Å²) in [6.07, 6.45) is 1.16. The number of hydrogen-bond acceptors (Lipinski definition) is 6. The molecule has 0 spiro atoms. The number of sulfone groups is 1. The Morgan fingerprint density at radius 1 is 1.15 bits per heavy atom. The van der Waals surface area contributed by atoms with E-state index < -0.39 is 9.84 Å². The van der Waals surface area contributed by atoms with Gasteiger partial charge in [-0.1, -0.05) is 12.1 Å². The van der Waals surface area contributed by atoms with E-state index in [-0.39, 0.29) is 25.1 Å². The van der Waals surface area contributed by atoms with E-state index in [4.69, 9.17) is 14.2 Å². The van der Waals surface area contributed by atoms with Crippen molar-refractivity contribution in [2.75, 3.05) is 26.2 Å². The van der Waals surface area contributed by atoms with Crippen LogP contribution in [-0.4, -0.2) is 40.5 Å². The van der Waals surface area contributed by atoms with Crippen molar-refractivity contribution < 1.29 is 27.4 Å². The average molecular weight is 377 g/mol. The first-order valence-corrected chi connectivity index (χ1v) is 10.0. The molecular formula is C18H19NO6S. The van der Waals surface area contributed by atoms with Crippen LogP contribution in [0.25, 0.3) is 0 Å². The number of fused-ring (bicyclic) bond motifs is 1. The lowest BCUT2D eigenvalue weighted by Gasteiger charge is -2.09. The summed E-state index contributed by atoms with van der Waals surface area (Å²) in [4.78, 5) is 12.2. The molecule has 3 rings (SSSR count). The Morgan fingerprint density at radius 3 is 2.77 bits per heavy atom. The Morgan fingerprint density at radius 2 is 1.96 bits per heavy atom. The first-order chi connectivity index (χ1) is 12.4. The molecule has 2 aromatic rings. The molecular weight excluding hydrogens is 358 g/mol. The summed E-state index contributed by atoms with van der Waals surface area (Å²) in [5, 5.41) is 2.74. The van der Waals surface area contributed by atoms with Crippen molar-refractivity contribution in [2.45, 2.75) is 5.75 Å². The fraction of sp³-hybridized carbons (Fsp3) is 0.278. The normalized spacial score (nSPS) is 12.7. The van der Waals surface area contributed by atoms with Crippen LogP contribution < -0.4 is 19.5 Å². The Bertz CT molecular complexity index is 910. The van der Waals surface area contributed by atoms with E-state index in [1.807, 2.05) is 0 Å². The van der Waals surface area contributed by atoms with E-state index in [9.17, 15) is 13.2 Å². The van der Waals surface area contributed by atoms with Crippen LogP contribution in [0.2, 0.25) is 0 Å². The third-order valence-electron chi connectivity index (χ3n) is 3.62. The van der Waals surface area contributed by atoms with Gasteiger partial charge in [0.1, 0.15) is 12.4 Å². The quantitative estimate of drug-likeness (QED) is 0.740. The summed E-state index contributed by atoms with van der Waals surface area (Å²) in [5.41, 5.74) is 0.992. The summed E-state index contributed by atoms with van der Waals surface area (Å²) in [6, 6.07) is 11.8. The van der Waals surface area contributed by atoms with E-state index >= 15 is 0 Å². The molecule has 0 saturated heterocycles. The molecule has 1 aliphatic heterocycles. The average Bonchev–Trinajstić information content (AvgIpc) is 3.05. The van der Waals surface area contributed by atoms with Gasteiger partial charge < -0.3 is 19.5 Å². The fourth-order valence-corrected chi connectivity index (χ4v) is 3.29. The highest BCUT2D eigenvalue weighted by Gasteiger charge is 2.14. The molecule has 8 heteroatoms. The van der Waals surface area contributed by atoms with Crippen LogP contribution in [0.4, 0.5) is 0 Å². The first-order valence-electron chi connectivity index (χ1n) is 7.98. The monoisotopic (exact) mass is 377 g/mol. The largest absolute Gasteiger partial charge is 0.492 e. The summed E-state index contributed by atoms with van der Waals surface area (Å²) >= 11 is 0. The van der Waals surface area contributed by atoms with Crippen LogP contribution in [0.15, 0.2) is 42.5 Å². The second-order valence-electron chi connectivity index (χ2n) is 5.89. The Labute approximate surface area is 151 Å². The molecule has 0 atom stereocenters. The standard InChI is InChI=1S/C18H19NO6S/c1-26(21,22)11-13-3-2-4-14(9-13)18(20)19-7-8-23-15-5-6-16-17(10-15)25-12-24-16/h2-6,9-10H,7-8,11-12H2,1H3,(H,19,20). The predicted molar refractivity (Wildman–Crippen MR) is 95.4 cm³/mol. The zero-order valence-corrected chi connectivity index (χ0v) is 15.0. The van der Waals surface area contributed by atoms with Crippen LogP contribution in [0.3, 0.4) is 0 Å². The molecule has 0 radical (unpaired) electrons. The van der Waals surface area contributed by atoms with E-state index in [2.05, 4.69) is 5.32 Å². The number of amides is 1. The molecule has 0 fully saturated rings. The minimum absolute atomic E-state index is 0.0959. The Hall–Kier alpha value is -2.74. The number of carbonyl (C=O) groups excluding carboxylic acids is 1. The maximum absolute atomic E-state index is 12.2. The van der Waals surface area contributed by atoms with Gasteiger partial charge in [-0.2, -0.15) is 0 Å². The van der Waals surface area contributed by atoms with Crippen molar-refractivity contribution in [3.8, 4) is 17.2 Å². The molecule has 1 N–H and O–H groups in total. The third-order valence-corrected chi connectivity index (χ3v) is 4.48. The lowest BCUT2D eigenvalue weighted by molar-refractivity contribution is 0.0947. The molecule has 1 amide bonds. The SMILES string of the molecule is CS(=O)(=O)Cc1cccc(C(=O)NCCOc2ccc3c(c2)OCO3)c1. The van der Waals surface area contributed by atoms with E-state index in [1.54, 1.807) is 42.5 Å². The van der Waals surface area contributed by atoms with Crippen LogP contribution in [0.1, 0.15) is 15.9 Å². The molecule has 1 heterocycles. The molecule has 1 aliphatic rings. The molecule has 26 heavy (non-hydrogen) atoms. The lowest BCUT2D eigenvalue weighted by Crippen LogP contribution is -2.28. The van der Waals surface area contributed by atoms with Gasteiger partial charge in [-0.3, -0.25) is 4.79 Å². The van der Waals surface area contributed by atoms with Crippen LogP contribution in [0.5, 0.6) is 17.2 Å². The lowest BCUT2D eigenvalue weighted by atomic mass is 10.1. The van der Waals surface area contributed by atoms with Gasteiger partial charge in [0, 0.05) is 17.9 Å². The van der Waals surface area contributed by atoms with Crippen molar-refractivity contribution in [1.29, 1.82) is 0 Å². The van der Waals surface area contributed by atoms with Crippen molar-refractivity contribution in [1.82, 2.24) is 5.32 Å². The number of hydrogen-bond donors (Lipinski definition) is 1. The maximum atomic E-state index is 12.2. The summed E-state index contributed by atoms with van der Waals surface area (Å²) < 4.78 is 38.8. The van der Waals surface area contributed by atoms with Crippen molar-refractivity contribution >= 4 is 15.7 Å². The van der Waals surface area contributed by atoms with E-state index in [0.29, 0.717) is 34.9 Å². The number of nitrogens with one attached hydrogen (secondary N) is 1. The molecule has 0 aliphatic carbocycles. The van der Waals surface area contributed by atoms with E-state index in [1.165, 1.54) is 0 Å². The number of rotatable bonds is 7. The van der Waals surface area contributed by atoms with Crippen molar-refractivity contribution in [3.05, 3.63) is 53.6 Å². The van der Waals surface area contributed by atoms with Gasteiger partial charge in [-0.15, -0.1) is 0 Å². The number of ether oxygens (including phenoxy) is 3. The molecule has 7 nitrogen and oxygen atoms in total. The summed E-state index contributed by atoms with van der Waals surface area (Å²) in [7, 11) is -3.15. The van der Waals surface area contributed by atoms with Crippen LogP contribution in [0, 0.1) is 0 Å². The molecule has 0 bridgehead atoms. The molecule has 0 saturated carbocycles. The minimum Gasteiger partial charge on any atom is -0.492 e. The highest BCUT2D eigenvalue weighted by Crippen LogP contribution is 2.34. The summed E-state index contributed by atoms with van der Waals surface area (Å²) in [5.74, 6) is 1.56. The van der Waals surface area contributed by atoms with Gasteiger partial charge in [-0.05, 0) is 29.8 Å². The zero-order valence-electron chi connectivity index (χ0n) is 14.2. The van der Waals surface area contributed by atoms with Crippen LogP contribution in [-0.2, 0) is 15.6 Å². The van der Waals surface area contributed by atoms with E-state index in [0.717, 1.165) is 6.26 Å². The smallest absolute Gasteiger partial charge is 0.251 e. The van der Waals surface area contributed by atoms with Crippen molar-refractivity contribution in [3.63, 3.8) is 0 Å². The van der Waals surface area contributed by atoms with Gasteiger partial charge in [0.15, 0.2) is 21.3 Å². The van der Waals surface area contributed by atoms with Gasteiger partial charge in [-0.25, -0.2) is 8.42 Å². The molecule has 138 valence electrons. The third kappa shape index (κ3) is 4.89. The van der Waals surface area contributed by atoms with Gasteiger partial charge in [0.25, 0.3) is 5.91 Å². The topological polar surface area (TPSA) is 90.9 Å². The highest BCUT2D eigenvalue weighted by molar-refractivity contribution is 7.89. The minimum atomic E-state index is -3.15. The fourth-order valence-electron chi connectivity index (χ4n) is 2.51. The predicted octanol–water partition coefficient (Wildman–Crippen LogP) is 1.77. The zero-order chi connectivity index (χ0) is 18.6. The van der Waals surface area contributed by atoms with Crippen LogP contribution >= 0.6 is 0 Å². The maximum Gasteiger partial charge on any atom is 0.251 e. The molecule has 2 aromatic carbocycles. The van der Waals surface area contributed by atoms with Gasteiger partial charge in [0.2, 0.25) is 6.79 Å². The van der Waals surface area contributed by atoms with Crippen molar-refractivity contribution in [2.24, 2.45) is 0 Å². The molecule has 0 aromatic heterocycles. The molecule has 0 unspecified atom stereocenters. The van der Waals surface area contributed by atoms with Gasteiger partial charge in [0.05, 0.1) is 12.3 Å². The van der Waals surface area contributed by atoms with Gasteiger partial charge >= 0.3 is 0 Å². The second kappa shape index (κ2) is 7.65. The second-order valence-corrected chi connectivity index (χ2v) is 8.03. The summed E-state index contributed by atoms with van der Waals surface area (Å²) in [6.45, 7) is 0.797. The first kappa shape index (κ1) is 18.1. The Kier molecular flexibility index (Phi) is 5.32.